The molecule has 16 amide bonds. The Balaban J connectivity index is 1.49. The fraction of sp³-hybridized carbons (Fsp3) is 0.635. The third-order valence-electron chi connectivity index (χ3n) is 18.1. The number of guanidine groups is 1. The van der Waals surface area contributed by atoms with Crippen LogP contribution in [0.15, 0.2) is 29.3 Å². The van der Waals surface area contributed by atoms with Crippen LogP contribution in [0.1, 0.15) is 104 Å². The minimum absolute atomic E-state index is 0.0126. The Hall–Kier alpha value is -9.61. The molecule has 0 spiro atoms. The monoisotopic (exact) mass is 1500 g/mol. The Morgan fingerprint density at radius 2 is 0.962 bits per heavy atom. The van der Waals surface area contributed by atoms with Crippen molar-refractivity contribution in [1.29, 1.82) is 0 Å². The smallest absolute Gasteiger partial charge is 0.246 e. The molecule has 0 radical (unpaired) electrons. The van der Waals surface area contributed by atoms with Crippen molar-refractivity contribution >= 4 is 122 Å². The summed E-state index contributed by atoms with van der Waals surface area (Å²) in [4.78, 5) is 236. The van der Waals surface area contributed by atoms with Gasteiger partial charge in [-0.3, -0.25) is 81.7 Å². The van der Waals surface area contributed by atoms with Crippen molar-refractivity contribution in [2.75, 3.05) is 50.8 Å². The van der Waals surface area contributed by atoms with Gasteiger partial charge in [0.1, 0.15) is 84.3 Å². The molecular formula is C63H95N19O20S2. The lowest BCUT2D eigenvalue weighted by molar-refractivity contribution is -0.148. The van der Waals surface area contributed by atoms with Crippen LogP contribution in [0, 0.1) is 5.92 Å². The molecule has 2 bridgehead atoms. The highest BCUT2D eigenvalue weighted by Gasteiger charge is 2.47. The van der Waals surface area contributed by atoms with Crippen LogP contribution in [-0.4, -0.2) is 277 Å². The van der Waals surface area contributed by atoms with Crippen LogP contribution >= 0.6 is 21.6 Å². The number of hydrogen-bond acceptors (Lipinski definition) is 23. The molecule has 5 aliphatic rings. The van der Waals surface area contributed by atoms with Crippen LogP contribution in [0.4, 0.5) is 0 Å². The Kier molecular flexibility index (Phi) is 31.5. The zero-order chi connectivity index (χ0) is 76.8. The van der Waals surface area contributed by atoms with Gasteiger partial charge in [0.05, 0.1) is 38.2 Å². The molecule has 0 unspecified atom stereocenters. The number of nitrogens with one attached hydrogen (secondary N) is 11. The number of rotatable bonds is 15. The average molecular weight is 1500 g/mol. The molecule has 104 heavy (non-hydrogen) atoms. The number of phenols is 1. The first-order valence-electron chi connectivity index (χ1n) is 34.1. The topological polar surface area (TPSA) is 613 Å². The summed E-state index contributed by atoms with van der Waals surface area (Å²) in [6.45, 7) is 2.98. The second-order valence-electron chi connectivity index (χ2n) is 26.0. The summed E-state index contributed by atoms with van der Waals surface area (Å²) in [5, 5.41) is 69.7. The first-order chi connectivity index (χ1) is 49.2. The summed E-state index contributed by atoms with van der Waals surface area (Å²) < 4.78 is 0. The number of aliphatic imine (C=N–C) groups is 1. The second kappa shape index (κ2) is 39.3. The lowest BCUT2D eigenvalue weighted by atomic mass is 9.97. The van der Waals surface area contributed by atoms with Crippen LogP contribution in [0.3, 0.4) is 0 Å². The van der Waals surface area contributed by atoms with E-state index in [-0.39, 0.29) is 102 Å². The van der Waals surface area contributed by atoms with Crippen molar-refractivity contribution in [3.8, 4) is 5.75 Å². The number of carbonyl (C=O) groups excluding carboxylic acids is 16. The highest BCUT2D eigenvalue weighted by Crippen LogP contribution is 2.29. The SMILES string of the molecule is CC[C@H](C)[C@@H]1NC(=O)[C@@H]2CCCN2C(=O)[C@@H]2CCCN2C(=O)[C@H](Cc2ccc(O)cc2)NC(=O)[C@H](CO)NC(=O)[C@H](CCCN=C(N)N)NC(=O)[C@H]([C@@H](C)O)NC(=O)[C@@H]2CSSC[C@H](NC1=O)C(=O)N[C@@H](CC(N)=O)C(=O)N1CCC[C@H]1C(=O)N[C@@H](CC(N)=O)C(=O)NCC(=O)N[C@@H]([C@@H](C)O)C(=O)N2. The van der Waals surface area contributed by atoms with E-state index in [1.807, 2.05) is 0 Å². The van der Waals surface area contributed by atoms with Gasteiger partial charge in [-0.15, -0.1) is 0 Å². The van der Waals surface area contributed by atoms with Gasteiger partial charge >= 0.3 is 0 Å². The molecule has 5 saturated heterocycles. The van der Waals surface area contributed by atoms with E-state index in [9.17, 15) is 92.3 Å². The van der Waals surface area contributed by atoms with Crippen molar-refractivity contribution in [2.45, 2.75) is 195 Å². The lowest BCUT2D eigenvalue weighted by Gasteiger charge is -2.34. The highest BCUT2D eigenvalue weighted by atomic mass is 33.1. The maximum absolute atomic E-state index is 15.0. The molecule has 41 heteroatoms. The first-order valence-corrected chi connectivity index (χ1v) is 36.6. The van der Waals surface area contributed by atoms with Crippen molar-refractivity contribution in [2.24, 2.45) is 33.8 Å². The van der Waals surface area contributed by atoms with Crippen molar-refractivity contribution in [3.63, 3.8) is 0 Å². The number of aliphatic hydroxyl groups excluding tert-OH is 3. The van der Waals surface area contributed by atoms with Gasteiger partial charge in [0.15, 0.2) is 5.96 Å². The van der Waals surface area contributed by atoms with Crippen LogP contribution < -0.4 is 81.4 Å². The summed E-state index contributed by atoms with van der Waals surface area (Å²) in [7, 11) is 1.46. The van der Waals surface area contributed by atoms with E-state index >= 15 is 4.79 Å². The van der Waals surface area contributed by atoms with Crippen LogP contribution in [0.5, 0.6) is 5.75 Å². The predicted molar refractivity (Wildman–Crippen MR) is 371 cm³/mol. The first kappa shape index (κ1) is 83.3. The van der Waals surface area contributed by atoms with Gasteiger partial charge in [-0.05, 0) is 88.8 Å². The van der Waals surface area contributed by atoms with E-state index in [2.05, 4.69) is 63.5 Å². The third kappa shape index (κ3) is 23.5. The number of nitrogens with two attached hydrogens (primary N) is 4. The van der Waals surface area contributed by atoms with Gasteiger partial charge < -0.3 is 117 Å². The van der Waals surface area contributed by atoms with Crippen LogP contribution in [0.2, 0.25) is 0 Å². The summed E-state index contributed by atoms with van der Waals surface area (Å²) >= 11 is 0. The quantitative estimate of drug-likeness (QED) is 0.0336. The van der Waals surface area contributed by atoms with E-state index in [0.717, 1.165) is 40.3 Å². The number of amides is 16. The molecule has 16 atom stereocenters. The molecule has 23 N–H and O–H groups in total. The van der Waals surface area contributed by atoms with Gasteiger partial charge in [-0.2, -0.15) is 0 Å². The largest absolute Gasteiger partial charge is 0.508 e. The van der Waals surface area contributed by atoms with E-state index in [0.29, 0.717) is 5.56 Å². The van der Waals surface area contributed by atoms with E-state index in [1.54, 1.807) is 13.8 Å². The van der Waals surface area contributed by atoms with Gasteiger partial charge in [-0.25, -0.2) is 0 Å². The van der Waals surface area contributed by atoms with E-state index in [1.165, 1.54) is 34.1 Å². The molecule has 0 aromatic heterocycles. The van der Waals surface area contributed by atoms with Gasteiger partial charge in [0.25, 0.3) is 0 Å². The summed E-state index contributed by atoms with van der Waals surface area (Å²) in [6.07, 6.45) is -5.09. The van der Waals surface area contributed by atoms with Crippen LogP contribution in [-0.2, 0) is 83.1 Å². The molecule has 1 aromatic carbocycles. The normalized spacial score (nSPS) is 28.6. The molecule has 6 rings (SSSR count). The number of carbonyl (C=O) groups is 16. The molecule has 1 aromatic rings. The minimum atomic E-state index is -2.05. The number of benzene rings is 1. The summed E-state index contributed by atoms with van der Waals surface area (Å²) in [5.41, 5.74) is 22.6. The van der Waals surface area contributed by atoms with Crippen LogP contribution in [0.25, 0.3) is 0 Å². The Bertz CT molecular complexity index is 3390. The average Bonchev–Trinajstić information content (AvgIpc) is 1.64. The Morgan fingerprint density at radius 3 is 1.51 bits per heavy atom. The Labute approximate surface area is 605 Å². The summed E-state index contributed by atoms with van der Waals surface area (Å²) in [5.74, 6) is -19.6. The fourth-order valence-corrected chi connectivity index (χ4v) is 14.7. The maximum atomic E-state index is 15.0. The predicted octanol–water partition coefficient (Wildman–Crippen LogP) is -9.12. The van der Waals surface area contributed by atoms with E-state index in [4.69, 9.17) is 22.9 Å². The lowest BCUT2D eigenvalue weighted by Crippen LogP contribution is -2.63. The van der Waals surface area contributed by atoms with Gasteiger partial charge in [-0.1, -0.05) is 54.0 Å². The summed E-state index contributed by atoms with van der Waals surface area (Å²) in [6, 6.07) is -16.3. The second-order valence-corrected chi connectivity index (χ2v) is 28.6. The van der Waals surface area contributed by atoms with Crippen molar-refractivity contribution in [1.82, 2.24) is 73.2 Å². The van der Waals surface area contributed by atoms with Gasteiger partial charge in [0, 0.05) is 44.1 Å². The third-order valence-corrected chi connectivity index (χ3v) is 20.5. The molecule has 0 saturated carbocycles. The fourth-order valence-electron chi connectivity index (χ4n) is 12.3. The number of phenolic OH excluding ortho intramolecular Hbond substituents is 1. The standard InChI is InChI=1S/C63H95N19O20S2/c1-5-29(2)47-57(97)75-39-27-103-104-28-40(76-58(98)48(30(3)84)77-46(89)25-69-50(90)35(23-44(64)87)71-55(95)41-11-7-19-80(41)61(101)37(24-45(65)88)73-53(39)93)54(94)79-49(31(4)85)59(99)70-34(10-6-18-68-63(66)67)51(91)74-38(26-83)52(92)72-36(22-32-14-16-33(86)17-15-32)60(100)82-21-9-13-43(82)62(102)81-20-8-12-42(81)56(96)78-47/h14-17,29-31,34-43,47-49,83-86H,5-13,18-28H2,1-4H3,(H2,64,87)(H2,65,88)(H,69,90)(H,70,99)(H,71,95)(H,72,92)(H,73,93)(H,74,91)(H,75,97)(H,76,98)(H,77,89)(H,78,96)(H,79,94)(H4,66,67,68)/t29-,30+,31+,34-,35-,36-,37-,38-,39-,40-,41-,42-,43-,47-,48-,49-/m0/s1. The van der Waals surface area contributed by atoms with Crippen molar-refractivity contribution < 1.29 is 97.1 Å². The molecular weight excluding hydrogens is 1410 g/mol. The minimum Gasteiger partial charge on any atom is -0.508 e. The number of fused-ring (bicyclic) bond motifs is 8. The van der Waals surface area contributed by atoms with E-state index < -0.39 is 229 Å². The zero-order valence-corrected chi connectivity index (χ0v) is 59.6. The zero-order valence-electron chi connectivity index (χ0n) is 57.9. The number of primary amides is 2. The molecule has 5 fully saturated rings. The number of hydrogen-bond donors (Lipinski definition) is 19. The highest BCUT2D eigenvalue weighted by molar-refractivity contribution is 8.76. The molecule has 0 aliphatic carbocycles. The maximum Gasteiger partial charge on any atom is 0.246 e. The van der Waals surface area contributed by atoms with Crippen molar-refractivity contribution in [3.05, 3.63) is 29.8 Å². The molecule has 39 nitrogen and oxygen atoms in total. The molecule has 574 valence electrons. The number of nitrogens with zero attached hydrogens (tertiary/aromatic N) is 4. The Morgan fingerprint density at radius 1 is 0.519 bits per heavy atom. The number of aliphatic hydroxyl groups is 3. The molecule has 5 aliphatic heterocycles. The van der Waals surface area contributed by atoms with Gasteiger partial charge in [0.2, 0.25) is 94.5 Å². The molecule has 5 heterocycles. The number of aromatic hydroxyl groups is 1.